The zero-order valence-electron chi connectivity index (χ0n) is 14.9. The number of hydrogen-bond donors (Lipinski definition) is 2. The lowest BCUT2D eigenvalue weighted by molar-refractivity contribution is 0.270. The van der Waals surface area contributed by atoms with Gasteiger partial charge in [0.15, 0.2) is 11.5 Å². The summed E-state index contributed by atoms with van der Waals surface area (Å²) in [4.78, 5) is 0. The third-order valence-electron chi connectivity index (χ3n) is 3.65. The molecule has 1 aromatic heterocycles. The van der Waals surface area contributed by atoms with Crippen molar-refractivity contribution in [3.8, 4) is 36.0 Å². The monoisotopic (exact) mass is 489 g/mol. The Bertz CT molecular complexity index is 1040. The van der Waals surface area contributed by atoms with E-state index in [4.69, 9.17) is 26.7 Å². The van der Waals surface area contributed by atoms with Crippen LogP contribution in [-0.4, -0.2) is 35.2 Å². The van der Waals surface area contributed by atoms with Crippen molar-refractivity contribution in [1.82, 2.24) is 9.78 Å². The summed E-state index contributed by atoms with van der Waals surface area (Å²) in [5, 5.41) is 32.3. The molecule has 3 N–H and O–H groups in total. The Morgan fingerprint density at radius 3 is 2.79 bits per heavy atom. The molecule has 0 spiro atoms. The van der Waals surface area contributed by atoms with Gasteiger partial charge in [-0.3, -0.25) is 0 Å². The number of aliphatic hydroxyl groups is 1. The number of nitrogens with zero attached hydrogens (tertiary/aromatic N) is 4. The molecule has 0 amide bonds. The molecule has 0 aliphatic heterocycles. The Hall–Kier alpha value is -3.20. The Kier molecular flexibility index (Phi) is 7.28. The van der Waals surface area contributed by atoms with Crippen LogP contribution in [-0.2, 0) is 6.54 Å². The fourth-order valence-corrected chi connectivity index (χ4v) is 3.22. The summed E-state index contributed by atoms with van der Waals surface area (Å²) < 4.78 is 12.9. The van der Waals surface area contributed by atoms with E-state index in [1.54, 1.807) is 18.2 Å². The number of anilines is 1. The molecule has 1 heterocycles. The van der Waals surface area contributed by atoms with Crippen LogP contribution in [0.5, 0.6) is 11.5 Å². The molecule has 28 heavy (non-hydrogen) atoms. The topological polar surface area (TPSA) is 130 Å². The molecule has 2 aromatic rings. The number of benzene rings is 1. The normalized spacial score (nSPS) is 10.6. The van der Waals surface area contributed by atoms with Gasteiger partial charge in [0, 0.05) is 0 Å². The second-order valence-electron chi connectivity index (χ2n) is 5.36. The van der Waals surface area contributed by atoms with E-state index in [1.165, 1.54) is 11.8 Å². The number of halogens is 1. The fraction of sp³-hybridized carbons (Fsp3) is 0.211. The van der Waals surface area contributed by atoms with Gasteiger partial charge in [0.2, 0.25) is 0 Å². The first-order valence-corrected chi connectivity index (χ1v) is 9.01. The largest absolute Gasteiger partial charge is 0.493 e. The molecule has 0 fully saturated rings. The molecule has 142 valence electrons. The lowest BCUT2D eigenvalue weighted by Gasteiger charge is -2.12. The highest BCUT2D eigenvalue weighted by molar-refractivity contribution is 14.1. The van der Waals surface area contributed by atoms with Gasteiger partial charge in [-0.25, -0.2) is 4.68 Å². The van der Waals surface area contributed by atoms with Crippen molar-refractivity contribution in [2.75, 3.05) is 26.1 Å². The number of terminal acetylenes is 1. The molecule has 0 aliphatic rings. The van der Waals surface area contributed by atoms with E-state index in [-0.39, 0.29) is 42.4 Å². The second kappa shape index (κ2) is 9.65. The molecule has 0 unspecified atom stereocenters. The Balaban J connectivity index is 2.56. The fourth-order valence-electron chi connectivity index (χ4n) is 2.44. The van der Waals surface area contributed by atoms with Crippen molar-refractivity contribution in [3.05, 3.63) is 32.5 Å². The number of rotatable bonds is 7. The smallest absolute Gasteiger partial charge is 0.175 e. The minimum absolute atomic E-state index is 0.0804. The minimum Gasteiger partial charge on any atom is -0.493 e. The summed E-state index contributed by atoms with van der Waals surface area (Å²) in [5.41, 5.74) is 6.92. The van der Waals surface area contributed by atoms with Crippen LogP contribution in [0.1, 0.15) is 16.8 Å². The highest BCUT2D eigenvalue weighted by atomic mass is 127. The molecule has 9 heteroatoms. The molecule has 8 nitrogen and oxygen atoms in total. The van der Waals surface area contributed by atoms with Crippen LogP contribution in [0.4, 0.5) is 5.82 Å². The van der Waals surface area contributed by atoms with Crippen molar-refractivity contribution >= 4 is 40.1 Å². The number of methoxy groups -OCH3 is 1. The maximum atomic E-state index is 9.61. The zero-order chi connectivity index (χ0) is 20.7. The highest BCUT2D eigenvalue weighted by Crippen LogP contribution is 2.35. The summed E-state index contributed by atoms with van der Waals surface area (Å²) in [5.74, 6) is 3.45. The van der Waals surface area contributed by atoms with Crippen LogP contribution >= 0.6 is 22.6 Å². The van der Waals surface area contributed by atoms with E-state index in [2.05, 4.69) is 33.6 Å². The average molecular weight is 489 g/mol. The van der Waals surface area contributed by atoms with Gasteiger partial charge in [-0.1, -0.05) is 5.92 Å². The van der Waals surface area contributed by atoms with Gasteiger partial charge >= 0.3 is 0 Å². The molecule has 0 bridgehead atoms. The van der Waals surface area contributed by atoms with Crippen LogP contribution in [0.3, 0.4) is 0 Å². The molecule has 2 rings (SSSR count). The van der Waals surface area contributed by atoms with Gasteiger partial charge in [0.25, 0.3) is 0 Å². The SMILES string of the molecule is C#CCOc1c(I)cc(/C=C(/C#N)c2nn(CCO)c(N)c2C#N)cc1OC. The summed E-state index contributed by atoms with van der Waals surface area (Å²) in [6.07, 6.45) is 6.81. The lowest BCUT2D eigenvalue weighted by atomic mass is 10.1. The van der Waals surface area contributed by atoms with Crippen molar-refractivity contribution in [2.24, 2.45) is 0 Å². The number of aromatic nitrogens is 2. The Morgan fingerprint density at radius 2 is 2.21 bits per heavy atom. The molecule has 0 atom stereocenters. The third kappa shape index (κ3) is 4.37. The first-order chi connectivity index (χ1) is 13.5. The van der Waals surface area contributed by atoms with Crippen molar-refractivity contribution in [1.29, 1.82) is 10.5 Å². The van der Waals surface area contributed by atoms with Gasteiger partial charge in [0.1, 0.15) is 35.8 Å². The van der Waals surface area contributed by atoms with Crippen LogP contribution in [0, 0.1) is 38.6 Å². The van der Waals surface area contributed by atoms with E-state index in [0.29, 0.717) is 17.1 Å². The van der Waals surface area contributed by atoms with Gasteiger partial charge in [-0.15, -0.1) is 6.42 Å². The van der Waals surface area contributed by atoms with Crippen LogP contribution in [0.25, 0.3) is 11.6 Å². The van der Waals surface area contributed by atoms with Crippen molar-refractivity contribution < 1.29 is 14.6 Å². The predicted molar refractivity (Wildman–Crippen MR) is 112 cm³/mol. The zero-order valence-corrected chi connectivity index (χ0v) is 17.1. The van der Waals surface area contributed by atoms with Gasteiger partial charge < -0.3 is 20.3 Å². The van der Waals surface area contributed by atoms with Crippen molar-refractivity contribution in [3.63, 3.8) is 0 Å². The molecule has 0 aliphatic carbocycles. The summed E-state index contributed by atoms with van der Waals surface area (Å²) >= 11 is 2.08. The summed E-state index contributed by atoms with van der Waals surface area (Å²) in [6.45, 7) is 0.0144. The van der Waals surface area contributed by atoms with Crippen molar-refractivity contribution in [2.45, 2.75) is 6.54 Å². The van der Waals surface area contributed by atoms with E-state index in [0.717, 1.165) is 3.57 Å². The van der Waals surface area contributed by atoms with Gasteiger partial charge in [-0.05, 0) is 46.4 Å². The first-order valence-electron chi connectivity index (χ1n) is 7.93. The maximum Gasteiger partial charge on any atom is 0.175 e. The number of aliphatic hydroxyl groups excluding tert-OH is 1. The second-order valence-corrected chi connectivity index (χ2v) is 6.53. The van der Waals surface area contributed by atoms with Crippen LogP contribution < -0.4 is 15.2 Å². The molecule has 0 radical (unpaired) electrons. The standard InChI is InChI=1S/C19H16IN5O3/c1-3-6-28-18-15(20)8-12(9-16(18)27-2)7-13(10-21)17-14(11-22)19(23)25(24-17)4-5-26/h1,7-9,26H,4-6,23H2,2H3/b13-7-. The minimum atomic E-state index is -0.198. The predicted octanol–water partition coefficient (Wildman–Crippen LogP) is 2.02. The van der Waals surface area contributed by atoms with Crippen LogP contribution in [0.2, 0.25) is 0 Å². The Morgan fingerprint density at radius 1 is 1.46 bits per heavy atom. The molecule has 0 saturated carbocycles. The highest BCUT2D eigenvalue weighted by Gasteiger charge is 2.19. The van der Waals surface area contributed by atoms with Gasteiger partial charge in [-0.2, -0.15) is 15.6 Å². The Labute approximate surface area is 175 Å². The number of hydrogen-bond acceptors (Lipinski definition) is 7. The van der Waals surface area contributed by atoms with E-state index < -0.39 is 0 Å². The average Bonchev–Trinajstić information content (AvgIpc) is 3.00. The number of nitrogen functional groups attached to an aromatic ring is 1. The quantitative estimate of drug-likeness (QED) is 0.346. The first kappa shape index (κ1) is 21.1. The number of nitrogens with two attached hydrogens (primary N) is 1. The lowest BCUT2D eigenvalue weighted by Crippen LogP contribution is -2.07. The molecular weight excluding hydrogens is 473 g/mol. The van der Waals surface area contributed by atoms with Crippen LogP contribution in [0.15, 0.2) is 12.1 Å². The molecule has 0 saturated heterocycles. The number of allylic oxidation sites excluding steroid dienone is 1. The molecular formula is C19H16IN5O3. The summed E-state index contributed by atoms with van der Waals surface area (Å²) in [7, 11) is 1.50. The molecule has 1 aromatic carbocycles. The number of nitriles is 2. The third-order valence-corrected chi connectivity index (χ3v) is 4.45. The summed E-state index contributed by atoms with van der Waals surface area (Å²) in [6, 6.07) is 7.48. The van der Waals surface area contributed by atoms with Gasteiger partial charge in [0.05, 0.1) is 29.4 Å². The van der Waals surface area contributed by atoms with E-state index >= 15 is 0 Å². The number of ether oxygens (including phenoxy) is 2. The van der Waals surface area contributed by atoms with E-state index in [1.807, 2.05) is 12.1 Å². The van der Waals surface area contributed by atoms with E-state index in [9.17, 15) is 10.5 Å². The maximum absolute atomic E-state index is 9.61.